The monoisotopic (exact) mass is 232 g/mol. The molecule has 0 saturated heterocycles. The number of aliphatic hydroxyl groups excluding tert-OH is 1. The highest BCUT2D eigenvalue weighted by atomic mass is 16.4. The minimum Gasteiger partial charge on any atom is -0.396 e. The zero-order valence-electron chi connectivity index (χ0n) is 11.0. The molecular weight excluding hydrogens is 204 g/mol. The molecule has 0 aliphatic rings. The maximum Gasteiger partial charge on any atom is 0.0902 e. The van der Waals surface area contributed by atoms with E-state index in [9.17, 15) is 10.2 Å². The summed E-state index contributed by atoms with van der Waals surface area (Å²) in [6.45, 7) is 5.71. The Labute approximate surface area is 99.5 Å². The van der Waals surface area contributed by atoms with Crippen LogP contribution in [-0.2, 0) is 0 Å². The summed E-state index contributed by atoms with van der Waals surface area (Å²) in [5.74, 6) is 0. The SMILES string of the molecule is CCCC[C@@](C)(O)[C@@](C)(O)CCCCCO. The van der Waals surface area contributed by atoms with Crippen LogP contribution in [0.15, 0.2) is 0 Å². The van der Waals surface area contributed by atoms with Crippen LogP contribution < -0.4 is 0 Å². The maximum absolute atomic E-state index is 10.3. The van der Waals surface area contributed by atoms with E-state index in [1.807, 2.05) is 0 Å². The van der Waals surface area contributed by atoms with Gasteiger partial charge in [0, 0.05) is 6.61 Å². The summed E-state index contributed by atoms with van der Waals surface area (Å²) >= 11 is 0. The molecule has 0 unspecified atom stereocenters. The Morgan fingerprint density at radius 1 is 0.812 bits per heavy atom. The van der Waals surface area contributed by atoms with Gasteiger partial charge in [-0.1, -0.05) is 32.6 Å². The van der Waals surface area contributed by atoms with Gasteiger partial charge in [-0.05, 0) is 33.1 Å². The van der Waals surface area contributed by atoms with E-state index in [0.717, 1.165) is 32.1 Å². The normalized spacial score (nSPS) is 19.1. The molecular formula is C13H28O3. The van der Waals surface area contributed by atoms with E-state index in [1.54, 1.807) is 13.8 Å². The fourth-order valence-electron chi connectivity index (χ4n) is 1.82. The third kappa shape index (κ3) is 5.28. The van der Waals surface area contributed by atoms with Gasteiger partial charge in [-0.2, -0.15) is 0 Å². The lowest BCUT2D eigenvalue weighted by Crippen LogP contribution is -2.49. The summed E-state index contributed by atoms with van der Waals surface area (Å²) in [5.41, 5.74) is -2.04. The first kappa shape index (κ1) is 15.9. The Morgan fingerprint density at radius 3 is 1.75 bits per heavy atom. The third-order valence-corrected chi connectivity index (χ3v) is 3.50. The van der Waals surface area contributed by atoms with Crippen LogP contribution in [0.5, 0.6) is 0 Å². The molecule has 0 heterocycles. The molecule has 0 radical (unpaired) electrons. The van der Waals surface area contributed by atoms with Gasteiger partial charge in [0.1, 0.15) is 0 Å². The van der Waals surface area contributed by atoms with E-state index in [1.165, 1.54) is 0 Å². The molecule has 0 saturated carbocycles. The highest BCUT2D eigenvalue weighted by molar-refractivity contribution is 4.92. The van der Waals surface area contributed by atoms with E-state index in [4.69, 9.17) is 5.11 Å². The van der Waals surface area contributed by atoms with Crippen LogP contribution in [-0.4, -0.2) is 33.1 Å². The van der Waals surface area contributed by atoms with Crippen molar-refractivity contribution in [2.75, 3.05) is 6.61 Å². The Balaban J connectivity index is 4.06. The molecule has 0 fully saturated rings. The minimum absolute atomic E-state index is 0.203. The summed E-state index contributed by atoms with van der Waals surface area (Å²) in [5, 5.41) is 29.1. The summed E-state index contributed by atoms with van der Waals surface area (Å²) in [6.07, 6.45) is 5.69. The van der Waals surface area contributed by atoms with Crippen LogP contribution in [0.25, 0.3) is 0 Å². The van der Waals surface area contributed by atoms with Crippen LogP contribution in [0.1, 0.15) is 65.7 Å². The Morgan fingerprint density at radius 2 is 1.31 bits per heavy atom. The number of aliphatic hydroxyl groups is 3. The van der Waals surface area contributed by atoms with E-state index in [0.29, 0.717) is 12.8 Å². The Bertz CT molecular complexity index is 176. The molecule has 0 aliphatic heterocycles. The van der Waals surface area contributed by atoms with E-state index in [-0.39, 0.29) is 6.61 Å². The van der Waals surface area contributed by atoms with Crippen LogP contribution in [0, 0.1) is 0 Å². The maximum atomic E-state index is 10.3. The van der Waals surface area contributed by atoms with Crippen LogP contribution in [0.4, 0.5) is 0 Å². The van der Waals surface area contributed by atoms with Gasteiger partial charge in [-0.3, -0.25) is 0 Å². The van der Waals surface area contributed by atoms with E-state index < -0.39 is 11.2 Å². The van der Waals surface area contributed by atoms with Gasteiger partial charge in [-0.25, -0.2) is 0 Å². The summed E-state index contributed by atoms with van der Waals surface area (Å²) in [7, 11) is 0. The van der Waals surface area contributed by atoms with Crippen molar-refractivity contribution in [3.63, 3.8) is 0 Å². The molecule has 0 aliphatic carbocycles. The van der Waals surface area contributed by atoms with Crippen molar-refractivity contribution in [1.29, 1.82) is 0 Å². The Kier molecular flexibility index (Phi) is 7.20. The molecule has 0 spiro atoms. The zero-order chi connectivity index (χ0) is 12.7. The first-order chi connectivity index (χ1) is 7.37. The average molecular weight is 232 g/mol. The molecule has 0 aromatic heterocycles. The lowest BCUT2D eigenvalue weighted by atomic mass is 9.78. The fraction of sp³-hybridized carbons (Fsp3) is 1.00. The van der Waals surface area contributed by atoms with Crippen molar-refractivity contribution in [2.45, 2.75) is 76.9 Å². The average Bonchev–Trinajstić information content (AvgIpc) is 2.21. The second kappa shape index (κ2) is 7.25. The molecule has 98 valence electrons. The van der Waals surface area contributed by atoms with E-state index in [2.05, 4.69) is 6.92 Å². The number of rotatable bonds is 9. The smallest absolute Gasteiger partial charge is 0.0902 e. The molecule has 3 nitrogen and oxygen atoms in total. The largest absolute Gasteiger partial charge is 0.396 e. The van der Waals surface area contributed by atoms with Crippen LogP contribution >= 0.6 is 0 Å². The number of hydrogen-bond acceptors (Lipinski definition) is 3. The van der Waals surface area contributed by atoms with Crippen molar-refractivity contribution in [2.24, 2.45) is 0 Å². The van der Waals surface area contributed by atoms with Gasteiger partial charge in [0.2, 0.25) is 0 Å². The van der Waals surface area contributed by atoms with Crippen LogP contribution in [0.2, 0.25) is 0 Å². The Hall–Kier alpha value is -0.120. The lowest BCUT2D eigenvalue weighted by Gasteiger charge is -2.39. The molecule has 2 atom stereocenters. The minimum atomic E-state index is -1.03. The first-order valence-corrected chi connectivity index (χ1v) is 6.43. The molecule has 0 amide bonds. The predicted molar refractivity (Wildman–Crippen MR) is 66.3 cm³/mol. The highest BCUT2D eigenvalue weighted by Crippen LogP contribution is 2.31. The van der Waals surface area contributed by atoms with Gasteiger partial charge in [0.15, 0.2) is 0 Å². The molecule has 0 bridgehead atoms. The molecule has 0 aromatic rings. The van der Waals surface area contributed by atoms with Crippen molar-refractivity contribution in [1.82, 2.24) is 0 Å². The summed E-state index contributed by atoms with van der Waals surface area (Å²) < 4.78 is 0. The van der Waals surface area contributed by atoms with Gasteiger partial charge in [0.05, 0.1) is 11.2 Å². The predicted octanol–water partition coefficient (Wildman–Crippen LogP) is 2.23. The summed E-state index contributed by atoms with van der Waals surface area (Å²) in [4.78, 5) is 0. The molecule has 0 aromatic carbocycles. The molecule has 0 rings (SSSR count). The van der Waals surface area contributed by atoms with Gasteiger partial charge in [0.25, 0.3) is 0 Å². The molecule has 3 heteroatoms. The summed E-state index contributed by atoms with van der Waals surface area (Å²) in [6, 6.07) is 0. The molecule has 3 N–H and O–H groups in total. The molecule has 16 heavy (non-hydrogen) atoms. The second-order valence-corrected chi connectivity index (χ2v) is 5.19. The second-order valence-electron chi connectivity index (χ2n) is 5.19. The fourth-order valence-corrected chi connectivity index (χ4v) is 1.82. The number of unbranched alkanes of at least 4 members (excludes halogenated alkanes) is 3. The van der Waals surface area contributed by atoms with Gasteiger partial charge >= 0.3 is 0 Å². The highest BCUT2D eigenvalue weighted by Gasteiger charge is 2.40. The van der Waals surface area contributed by atoms with Gasteiger partial charge in [-0.15, -0.1) is 0 Å². The van der Waals surface area contributed by atoms with E-state index >= 15 is 0 Å². The van der Waals surface area contributed by atoms with Gasteiger partial charge < -0.3 is 15.3 Å². The van der Waals surface area contributed by atoms with Crippen molar-refractivity contribution in [3.05, 3.63) is 0 Å². The first-order valence-electron chi connectivity index (χ1n) is 6.43. The zero-order valence-corrected chi connectivity index (χ0v) is 11.0. The number of hydrogen-bond donors (Lipinski definition) is 3. The topological polar surface area (TPSA) is 60.7 Å². The van der Waals surface area contributed by atoms with Crippen molar-refractivity contribution in [3.8, 4) is 0 Å². The van der Waals surface area contributed by atoms with Crippen LogP contribution in [0.3, 0.4) is 0 Å². The van der Waals surface area contributed by atoms with Crippen molar-refractivity contribution < 1.29 is 15.3 Å². The third-order valence-electron chi connectivity index (χ3n) is 3.50. The quantitative estimate of drug-likeness (QED) is 0.534. The standard InChI is InChI=1S/C13H28O3/c1-4-5-9-12(2,15)13(3,16)10-7-6-8-11-14/h14-16H,4-11H2,1-3H3/t12-,13+/m1/s1. The lowest BCUT2D eigenvalue weighted by molar-refractivity contribution is -0.140. The van der Waals surface area contributed by atoms with Crippen molar-refractivity contribution >= 4 is 0 Å².